The molecule has 102 valence electrons. The fraction of sp³-hybridized carbons (Fsp3) is 0.133. The second-order valence-electron chi connectivity index (χ2n) is 4.00. The van der Waals surface area contributed by atoms with Crippen molar-refractivity contribution in [1.29, 1.82) is 5.26 Å². The van der Waals surface area contributed by atoms with E-state index in [9.17, 15) is 0 Å². The number of rotatable bonds is 4. The molecule has 0 saturated heterocycles. The third-order valence-electron chi connectivity index (χ3n) is 2.69. The van der Waals surface area contributed by atoms with Crippen molar-refractivity contribution in [2.24, 2.45) is 0 Å². The predicted molar refractivity (Wildman–Crippen MR) is 78.5 cm³/mol. The maximum Gasteiger partial charge on any atom is 0.139 e. The van der Waals surface area contributed by atoms with Crippen molar-refractivity contribution in [3.05, 3.63) is 57.6 Å². The first-order valence-electron chi connectivity index (χ1n) is 5.79. The number of hydrogen-bond acceptors (Lipinski definition) is 3. The fourth-order valence-electron chi connectivity index (χ4n) is 1.72. The highest BCUT2D eigenvalue weighted by Gasteiger charge is 2.08. The SMILES string of the molecule is COc1ccc(Cl)cc1COc1cc(Cl)ccc1C#N. The van der Waals surface area contributed by atoms with Crippen molar-refractivity contribution in [3.63, 3.8) is 0 Å². The smallest absolute Gasteiger partial charge is 0.139 e. The van der Waals surface area contributed by atoms with Gasteiger partial charge in [-0.05, 0) is 30.3 Å². The molecule has 0 unspecified atom stereocenters. The zero-order valence-electron chi connectivity index (χ0n) is 10.7. The molecule has 0 aromatic heterocycles. The molecule has 2 aromatic rings. The summed E-state index contributed by atoms with van der Waals surface area (Å²) in [5, 5.41) is 10.1. The van der Waals surface area contributed by atoms with Crippen LogP contribution >= 0.6 is 23.2 Å². The van der Waals surface area contributed by atoms with Crippen molar-refractivity contribution in [1.82, 2.24) is 0 Å². The Morgan fingerprint density at radius 3 is 2.45 bits per heavy atom. The minimum absolute atomic E-state index is 0.235. The number of ether oxygens (including phenoxy) is 2. The average Bonchev–Trinajstić information content (AvgIpc) is 2.45. The van der Waals surface area contributed by atoms with Crippen LogP contribution in [0.25, 0.3) is 0 Å². The number of nitrogens with zero attached hydrogens (tertiary/aromatic N) is 1. The summed E-state index contributed by atoms with van der Waals surface area (Å²) >= 11 is 11.9. The van der Waals surface area contributed by atoms with Crippen LogP contribution in [0.1, 0.15) is 11.1 Å². The molecule has 0 aliphatic heterocycles. The monoisotopic (exact) mass is 307 g/mol. The van der Waals surface area contributed by atoms with E-state index < -0.39 is 0 Å². The molecule has 0 amide bonds. The van der Waals surface area contributed by atoms with Crippen LogP contribution in [0.15, 0.2) is 36.4 Å². The highest BCUT2D eigenvalue weighted by Crippen LogP contribution is 2.27. The van der Waals surface area contributed by atoms with Gasteiger partial charge >= 0.3 is 0 Å². The highest BCUT2D eigenvalue weighted by molar-refractivity contribution is 6.31. The molecule has 0 bridgehead atoms. The fourth-order valence-corrected chi connectivity index (χ4v) is 2.08. The van der Waals surface area contributed by atoms with Gasteiger partial charge in [0.05, 0.1) is 12.7 Å². The lowest BCUT2D eigenvalue weighted by Crippen LogP contribution is -2.00. The normalized spacial score (nSPS) is 9.90. The van der Waals surface area contributed by atoms with Crippen LogP contribution in [0.5, 0.6) is 11.5 Å². The Morgan fingerprint density at radius 1 is 1.05 bits per heavy atom. The van der Waals surface area contributed by atoms with Crippen LogP contribution in [0.4, 0.5) is 0 Å². The summed E-state index contributed by atoms with van der Waals surface area (Å²) in [6.07, 6.45) is 0. The zero-order chi connectivity index (χ0) is 14.5. The third-order valence-corrected chi connectivity index (χ3v) is 3.16. The lowest BCUT2D eigenvalue weighted by Gasteiger charge is -2.11. The molecular weight excluding hydrogens is 297 g/mol. The summed E-state index contributed by atoms with van der Waals surface area (Å²) in [5.41, 5.74) is 1.22. The quantitative estimate of drug-likeness (QED) is 0.838. The Kier molecular flexibility index (Phi) is 4.73. The summed E-state index contributed by atoms with van der Waals surface area (Å²) in [6.45, 7) is 0.235. The molecule has 0 aliphatic carbocycles. The maximum atomic E-state index is 9.03. The van der Waals surface area contributed by atoms with E-state index in [0.29, 0.717) is 27.1 Å². The summed E-state index contributed by atoms with van der Waals surface area (Å²) < 4.78 is 10.9. The molecule has 3 nitrogen and oxygen atoms in total. The first-order valence-corrected chi connectivity index (χ1v) is 6.54. The Morgan fingerprint density at radius 2 is 1.75 bits per heavy atom. The van der Waals surface area contributed by atoms with Gasteiger partial charge in [-0.15, -0.1) is 0 Å². The number of hydrogen-bond donors (Lipinski definition) is 0. The Hall–Kier alpha value is -1.89. The predicted octanol–water partition coefficient (Wildman–Crippen LogP) is 4.45. The number of halogens is 2. The molecule has 20 heavy (non-hydrogen) atoms. The van der Waals surface area contributed by atoms with Crippen LogP contribution in [-0.4, -0.2) is 7.11 Å². The van der Waals surface area contributed by atoms with Crippen LogP contribution in [0.2, 0.25) is 10.0 Å². The maximum absolute atomic E-state index is 9.03. The van der Waals surface area contributed by atoms with Gasteiger partial charge in [-0.3, -0.25) is 0 Å². The Balaban J connectivity index is 2.23. The summed E-state index contributed by atoms with van der Waals surface area (Å²) in [7, 11) is 1.58. The van der Waals surface area contributed by atoms with Crippen molar-refractivity contribution in [3.8, 4) is 17.6 Å². The van der Waals surface area contributed by atoms with Gasteiger partial charge in [-0.25, -0.2) is 0 Å². The zero-order valence-corrected chi connectivity index (χ0v) is 12.2. The van der Waals surface area contributed by atoms with Gasteiger partial charge in [-0.2, -0.15) is 5.26 Å². The van der Waals surface area contributed by atoms with Gasteiger partial charge in [0.15, 0.2) is 0 Å². The minimum atomic E-state index is 0.235. The van der Waals surface area contributed by atoms with E-state index in [1.165, 1.54) is 0 Å². The molecule has 0 spiro atoms. The molecule has 0 atom stereocenters. The van der Waals surface area contributed by atoms with E-state index >= 15 is 0 Å². The molecule has 0 N–H and O–H groups in total. The Labute approximate surface area is 127 Å². The van der Waals surface area contributed by atoms with Crippen LogP contribution in [0, 0.1) is 11.3 Å². The van der Waals surface area contributed by atoms with Crippen molar-refractivity contribution >= 4 is 23.2 Å². The van der Waals surface area contributed by atoms with E-state index in [0.717, 1.165) is 5.56 Å². The summed E-state index contributed by atoms with van der Waals surface area (Å²) in [5.74, 6) is 1.11. The Bertz CT molecular complexity index is 665. The summed E-state index contributed by atoms with van der Waals surface area (Å²) in [6, 6.07) is 12.2. The number of benzene rings is 2. The van der Waals surface area contributed by atoms with Gasteiger partial charge in [0.25, 0.3) is 0 Å². The number of methoxy groups -OCH3 is 1. The van der Waals surface area contributed by atoms with Gasteiger partial charge < -0.3 is 9.47 Å². The molecule has 0 heterocycles. The molecule has 0 radical (unpaired) electrons. The van der Waals surface area contributed by atoms with Gasteiger partial charge in [0, 0.05) is 21.7 Å². The minimum Gasteiger partial charge on any atom is -0.496 e. The molecular formula is C15H11Cl2NO2. The van der Waals surface area contributed by atoms with Crippen molar-refractivity contribution in [2.75, 3.05) is 7.11 Å². The van der Waals surface area contributed by atoms with Crippen LogP contribution in [0.3, 0.4) is 0 Å². The second-order valence-corrected chi connectivity index (χ2v) is 4.87. The van der Waals surface area contributed by atoms with Crippen LogP contribution < -0.4 is 9.47 Å². The van der Waals surface area contributed by atoms with Gasteiger partial charge in [0.1, 0.15) is 24.2 Å². The molecule has 0 saturated carbocycles. The lowest BCUT2D eigenvalue weighted by atomic mass is 10.2. The number of nitriles is 1. The van der Waals surface area contributed by atoms with E-state index in [-0.39, 0.29) is 6.61 Å². The van der Waals surface area contributed by atoms with E-state index in [2.05, 4.69) is 6.07 Å². The highest BCUT2D eigenvalue weighted by atomic mass is 35.5. The average molecular weight is 308 g/mol. The van der Waals surface area contributed by atoms with E-state index in [4.69, 9.17) is 37.9 Å². The molecule has 2 rings (SSSR count). The first-order chi connectivity index (χ1) is 9.63. The topological polar surface area (TPSA) is 42.2 Å². The lowest BCUT2D eigenvalue weighted by molar-refractivity contribution is 0.296. The third kappa shape index (κ3) is 3.36. The van der Waals surface area contributed by atoms with Crippen molar-refractivity contribution in [2.45, 2.75) is 6.61 Å². The van der Waals surface area contributed by atoms with Gasteiger partial charge in [-0.1, -0.05) is 23.2 Å². The summed E-state index contributed by atoms with van der Waals surface area (Å²) in [4.78, 5) is 0. The molecule has 0 fully saturated rings. The van der Waals surface area contributed by atoms with Crippen molar-refractivity contribution < 1.29 is 9.47 Å². The molecule has 0 aliphatic rings. The van der Waals surface area contributed by atoms with E-state index in [1.807, 2.05) is 0 Å². The van der Waals surface area contributed by atoms with E-state index in [1.54, 1.807) is 43.5 Å². The second kappa shape index (κ2) is 6.51. The first kappa shape index (κ1) is 14.5. The molecule has 2 aromatic carbocycles. The van der Waals surface area contributed by atoms with Crippen LogP contribution in [-0.2, 0) is 6.61 Å². The van der Waals surface area contributed by atoms with Gasteiger partial charge in [0.2, 0.25) is 0 Å². The standard InChI is InChI=1S/C15H11Cl2NO2/c1-19-14-5-4-12(16)6-11(14)9-20-15-7-13(17)3-2-10(15)8-18/h2-7H,9H2,1H3. The molecule has 5 heteroatoms. The largest absolute Gasteiger partial charge is 0.496 e.